The predicted molar refractivity (Wildman–Crippen MR) is 63.6 cm³/mol. The third kappa shape index (κ3) is 4.59. The molecular weight excluding hydrogens is 204 g/mol. The van der Waals surface area contributed by atoms with Crippen LogP contribution in [0.1, 0.15) is 25.3 Å². The Hall–Kier alpha value is -1.84. The van der Waals surface area contributed by atoms with Crippen molar-refractivity contribution in [3.63, 3.8) is 0 Å². The molecule has 0 aromatic carbocycles. The van der Waals surface area contributed by atoms with Crippen LogP contribution in [0, 0.1) is 0 Å². The second kappa shape index (κ2) is 6.61. The maximum Gasteiger partial charge on any atom is 0.330 e. The summed E-state index contributed by atoms with van der Waals surface area (Å²) in [5.74, 6) is 0.132. The van der Waals surface area contributed by atoms with E-state index < -0.39 is 0 Å². The van der Waals surface area contributed by atoms with Crippen molar-refractivity contribution in [2.45, 2.75) is 19.8 Å². The zero-order chi connectivity index (χ0) is 11.8. The van der Waals surface area contributed by atoms with Gasteiger partial charge in [-0.25, -0.2) is 9.78 Å². The topological polar surface area (TPSA) is 65.2 Å². The molecule has 16 heavy (non-hydrogen) atoms. The number of carbonyl (C=O) groups excluding carboxylic acids is 1. The lowest BCUT2D eigenvalue weighted by Crippen LogP contribution is -2.01. The second-order valence-electron chi connectivity index (χ2n) is 3.37. The van der Waals surface area contributed by atoms with Crippen LogP contribution in [-0.4, -0.2) is 17.6 Å². The van der Waals surface area contributed by atoms with Gasteiger partial charge < -0.3 is 10.5 Å². The van der Waals surface area contributed by atoms with Crippen LogP contribution < -0.4 is 5.73 Å². The molecule has 4 nitrogen and oxygen atoms in total. The molecule has 86 valence electrons. The van der Waals surface area contributed by atoms with E-state index in [4.69, 9.17) is 10.5 Å². The third-order valence-corrected chi connectivity index (χ3v) is 1.96. The van der Waals surface area contributed by atoms with Crippen LogP contribution in [0.4, 0.5) is 5.82 Å². The smallest absolute Gasteiger partial charge is 0.330 e. The first-order valence-electron chi connectivity index (χ1n) is 5.28. The number of rotatable bonds is 5. The highest BCUT2D eigenvalue weighted by Gasteiger charge is 1.96. The summed E-state index contributed by atoms with van der Waals surface area (Å²) in [6.07, 6.45) is 6.55. The SMILES string of the molecule is CCCCOC(=O)/C=C/c1ccc(N)nc1. The van der Waals surface area contributed by atoms with Gasteiger partial charge in [0.05, 0.1) is 6.61 Å². The van der Waals surface area contributed by atoms with Crippen molar-refractivity contribution in [1.82, 2.24) is 4.98 Å². The molecule has 0 aliphatic rings. The normalized spacial score (nSPS) is 10.6. The van der Waals surface area contributed by atoms with E-state index >= 15 is 0 Å². The number of ether oxygens (including phenoxy) is 1. The molecule has 1 aromatic rings. The quantitative estimate of drug-likeness (QED) is 0.468. The Morgan fingerprint density at radius 2 is 2.38 bits per heavy atom. The zero-order valence-electron chi connectivity index (χ0n) is 9.35. The number of hydrogen-bond donors (Lipinski definition) is 1. The maximum absolute atomic E-state index is 11.2. The molecule has 0 aliphatic carbocycles. The number of hydrogen-bond acceptors (Lipinski definition) is 4. The lowest BCUT2D eigenvalue weighted by atomic mass is 10.2. The van der Waals surface area contributed by atoms with Crippen molar-refractivity contribution >= 4 is 17.9 Å². The Kier molecular flexibility index (Phi) is 5.05. The van der Waals surface area contributed by atoms with Gasteiger partial charge in [-0.2, -0.15) is 0 Å². The van der Waals surface area contributed by atoms with Gasteiger partial charge in [-0.05, 0) is 30.2 Å². The molecule has 0 radical (unpaired) electrons. The molecule has 4 heteroatoms. The van der Waals surface area contributed by atoms with Crippen molar-refractivity contribution in [2.24, 2.45) is 0 Å². The molecular formula is C12H16N2O2. The number of unbranched alkanes of at least 4 members (excludes halogenated alkanes) is 1. The number of nitrogens with two attached hydrogens (primary N) is 1. The first-order valence-corrected chi connectivity index (χ1v) is 5.28. The fraction of sp³-hybridized carbons (Fsp3) is 0.333. The first-order chi connectivity index (χ1) is 7.72. The van der Waals surface area contributed by atoms with Crippen molar-refractivity contribution < 1.29 is 9.53 Å². The number of aromatic nitrogens is 1. The number of pyridine rings is 1. The largest absolute Gasteiger partial charge is 0.463 e. The maximum atomic E-state index is 11.2. The van der Waals surface area contributed by atoms with Crippen LogP contribution in [0.2, 0.25) is 0 Å². The number of nitrogens with zero attached hydrogens (tertiary/aromatic N) is 1. The minimum absolute atomic E-state index is 0.328. The molecule has 1 rings (SSSR count). The predicted octanol–water partition coefficient (Wildman–Crippen LogP) is 2.02. The molecule has 0 atom stereocenters. The standard InChI is InChI=1S/C12H16N2O2/c1-2-3-8-16-12(15)7-5-10-4-6-11(13)14-9-10/h4-7,9H,2-3,8H2,1H3,(H2,13,14)/b7-5+. The Labute approximate surface area is 95.1 Å². The summed E-state index contributed by atoms with van der Waals surface area (Å²) in [6.45, 7) is 2.52. The van der Waals surface area contributed by atoms with Crippen molar-refractivity contribution in [3.05, 3.63) is 30.0 Å². The molecule has 0 bridgehead atoms. The van der Waals surface area contributed by atoms with Gasteiger partial charge in [-0.15, -0.1) is 0 Å². The van der Waals surface area contributed by atoms with Gasteiger partial charge in [0, 0.05) is 12.3 Å². The fourth-order valence-corrected chi connectivity index (χ4v) is 1.04. The summed E-state index contributed by atoms with van der Waals surface area (Å²) < 4.78 is 4.96. The highest BCUT2D eigenvalue weighted by Crippen LogP contribution is 2.03. The summed E-state index contributed by atoms with van der Waals surface area (Å²) >= 11 is 0. The summed E-state index contributed by atoms with van der Waals surface area (Å²) in [5, 5.41) is 0. The Balaban J connectivity index is 2.41. The van der Waals surface area contributed by atoms with Crippen LogP contribution in [0.3, 0.4) is 0 Å². The second-order valence-corrected chi connectivity index (χ2v) is 3.37. The van der Waals surface area contributed by atoms with Gasteiger partial charge in [0.2, 0.25) is 0 Å². The van der Waals surface area contributed by atoms with E-state index in [0.29, 0.717) is 12.4 Å². The van der Waals surface area contributed by atoms with Crippen LogP contribution in [0.5, 0.6) is 0 Å². The van der Waals surface area contributed by atoms with Gasteiger partial charge in [0.25, 0.3) is 0 Å². The van der Waals surface area contributed by atoms with Crippen LogP contribution in [0.15, 0.2) is 24.4 Å². The van der Waals surface area contributed by atoms with E-state index in [9.17, 15) is 4.79 Å². The number of esters is 1. The van der Waals surface area contributed by atoms with Gasteiger partial charge in [0.1, 0.15) is 5.82 Å². The molecule has 2 N–H and O–H groups in total. The average Bonchev–Trinajstić information content (AvgIpc) is 2.29. The third-order valence-electron chi connectivity index (χ3n) is 1.96. The summed E-state index contributed by atoms with van der Waals surface area (Å²) in [6, 6.07) is 3.47. The van der Waals surface area contributed by atoms with E-state index in [0.717, 1.165) is 18.4 Å². The molecule has 0 aliphatic heterocycles. The van der Waals surface area contributed by atoms with Gasteiger partial charge in [-0.3, -0.25) is 0 Å². The molecule has 1 heterocycles. The molecule has 0 amide bonds. The van der Waals surface area contributed by atoms with E-state index in [1.54, 1.807) is 24.4 Å². The molecule has 0 fully saturated rings. The Morgan fingerprint density at radius 3 is 3.00 bits per heavy atom. The molecule has 1 aromatic heterocycles. The summed E-state index contributed by atoms with van der Waals surface area (Å²) in [5.41, 5.74) is 6.26. The fourth-order valence-electron chi connectivity index (χ4n) is 1.04. The van der Waals surface area contributed by atoms with Gasteiger partial charge in [0.15, 0.2) is 0 Å². The minimum Gasteiger partial charge on any atom is -0.463 e. The lowest BCUT2D eigenvalue weighted by molar-refractivity contribution is -0.137. The van der Waals surface area contributed by atoms with E-state index in [1.807, 2.05) is 6.92 Å². The van der Waals surface area contributed by atoms with E-state index in [2.05, 4.69) is 4.98 Å². The van der Waals surface area contributed by atoms with Crippen LogP contribution in [-0.2, 0) is 9.53 Å². The van der Waals surface area contributed by atoms with Crippen molar-refractivity contribution in [1.29, 1.82) is 0 Å². The van der Waals surface area contributed by atoms with Crippen molar-refractivity contribution in [2.75, 3.05) is 12.3 Å². The molecule has 0 spiro atoms. The van der Waals surface area contributed by atoms with E-state index in [-0.39, 0.29) is 5.97 Å². The number of nitrogen functional groups attached to an aromatic ring is 1. The Bertz CT molecular complexity index is 358. The van der Waals surface area contributed by atoms with Gasteiger partial charge >= 0.3 is 5.97 Å². The Morgan fingerprint density at radius 1 is 1.56 bits per heavy atom. The van der Waals surface area contributed by atoms with Crippen LogP contribution >= 0.6 is 0 Å². The molecule has 0 saturated carbocycles. The number of anilines is 1. The highest BCUT2D eigenvalue weighted by atomic mass is 16.5. The minimum atomic E-state index is -0.328. The monoisotopic (exact) mass is 220 g/mol. The van der Waals surface area contributed by atoms with Crippen molar-refractivity contribution in [3.8, 4) is 0 Å². The average molecular weight is 220 g/mol. The highest BCUT2D eigenvalue weighted by molar-refractivity contribution is 5.86. The first kappa shape index (κ1) is 12.2. The van der Waals surface area contributed by atoms with E-state index in [1.165, 1.54) is 6.08 Å². The summed E-state index contributed by atoms with van der Waals surface area (Å²) in [4.78, 5) is 15.1. The molecule has 0 unspecified atom stereocenters. The number of carbonyl (C=O) groups is 1. The van der Waals surface area contributed by atoms with Crippen LogP contribution in [0.25, 0.3) is 6.08 Å². The zero-order valence-corrected chi connectivity index (χ0v) is 9.35. The summed E-state index contributed by atoms with van der Waals surface area (Å²) in [7, 11) is 0. The lowest BCUT2D eigenvalue weighted by Gasteiger charge is -1.99. The molecule has 0 saturated heterocycles. The van der Waals surface area contributed by atoms with Gasteiger partial charge in [-0.1, -0.05) is 13.3 Å².